The highest BCUT2D eigenvalue weighted by Crippen LogP contribution is 2.41. The van der Waals surface area contributed by atoms with Crippen molar-refractivity contribution in [3.63, 3.8) is 0 Å². The van der Waals surface area contributed by atoms with Crippen molar-refractivity contribution in [1.29, 1.82) is 0 Å². The van der Waals surface area contributed by atoms with E-state index in [-0.39, 0.29) is 17.8 Å². The zero-order valence-corrected chi connectivity index (χ0v) is 12.4. The predicted molar refractivity (Wildman–Crippen MR) is 79.1 cm³/mol. The summed E-state index contributed by atoms with van der Waals surface area (Å²) in [4.78, 5) is 12.8. The average molecular weight is 277 g/mol. The van der Waals surface area contributed by atoms with Crippen LogP contribution in [-0.2, 0) is 10.2 Å². The van der Waals surface area contributed by atoms with Gasteiger partial charge < -0.3 is 5.32 Å². The van der Waals surface area contributed by atoms with Crippen LogP contribution >= 0.6 is 0 Å². The number of rotatable bonds is 5. The van der Waals surface area contributed by atoms with Crippen LogP contribution in [0.15, 0.2) is 24.3 Å². The van der Waals surface area contributed by atoms with Gasteiger partial charge >= 0.3 is 0 Å². The minimum Gasteiger partial charge on any atom is -0.353 e. The van der Waals surface area contributed by atoms with Gasteiger partial charge in [0.05, 0.1) is 5.41 Å². The van der Waals surface area contributed by atoms with Gasteiger partial charge in [-0.1, -0.05) is 38.8 Å². The van der Waals surface area contributed by atoms with Crippen LogP contribution in [0.25, 0.3) is 0 Å². The Labute approximate surface area is 120 Å². The lowest BCUT2D eigenvalue weighted by molar-refractivity contribution is -0.127. The highest BCUT2D eigenvalue weighted by Gasteiger charge is 2.42. The van der Waals surface area contributed by atoms with E-state index in [9.17, 15) is 9.18 Å². The van der Waals surface area contributed by atoms with Gasteiger partial charge in [0.2, 0.25) is 5.91 Å². The third-order valence-corrected chi connectivity index (χ3v) is 4.61. The van der Waals surface area contributed by atoms with Crippen LogP contribution in [0.1, 0.15) is 57.9 Å². The first-order valence-corrected chi connectivity index (χ1v) is 7.69. The third-order valence-electron chi connectivity index (χ3n) is 4.61. The van der Waals surface area contributed by atoms with E-state index in [0.29, 0.717) is 0 Å². The number of nitrogens with one attached hydrogen (secondary N) is 1. The SMILES string of the molecule is CCC(CC)NC(=O)C1(c2ccc(F)cc2)CCCC1. The van der Waals surface area contributed by atoms with Gasteiger partial charge in [0.25, 0.3) is 0 Å². The summed E-state index contributed by atoms with van der Waals surface area (Å²) in [5, 5.41) is 3.18. The Morgan fingerprint density at radius 3 is 2.25 bits per heavy atom. The number of hydrogen-bond donors (Lipinski definition) is 1. The Kier molecular flexibility index (Phi) is 4.79. The first-order valence-electron chi connectivity index (χ1n) is 7.69. The molecule has 0 heterocycles. The molecular weight excluding hydrogens is 253 g/mol. The number of halogens is 1. The van der Waals surface area contributed by atoms with Crippen molar-refractivity contribution < 1.29 is 9.18 Å². The molecule has 0 aromatic heterocycles. The zero-order chi connectivity index (χ0) is 14.6. The van der Waals surface area contributed by atoms with Crippen molar-refractivity contribution in [2.45, 2.75) is 63.8 Å². The van der Waals surface area contributed by atoms with E-state index >= 15 is 0 Å². The molecule has 1 aromatic rings. The third kappa shape index (κ3) is 2.87. The minimum absolute atomic E-state index is 0.121. The second-order valence-corrected chi connectivity index (χ2v) is 5.78. The topological polar surface area (TPSA) is 29.1 Å². The lowest BCUT2D eigenvalue weighted by Gasteiger charge is -2.30. The maximum atomic E-state index is 13.1. The molecule has 1 N–H and O–H groups in total. The standard InChI is InChI=1S/C17H24FNO/c1-3-15(4-2)19-16(20)17(11-5-6-12-17)13-7-9-14(18)10-8-13/h7-10,15H,3-6,11-12H2,1-2H3,(H,19,20). The highest BCUT2D eigenvalue weighted by molar-refractivity contribution is 5.88. The fourth-order valence-electron chi connectivity index (χ4n) is 3.21. The second kappa shape index (κ2) is 6.38. The zero-order valence-electron chi connectivity index (χ0n) is 12.4. The van der Waals surface area contributed by atoms with E-state index in [1.807, 2.05) is 0 Å². The molecule has 0 radical (unpaired) electrons. The summed E-state index contributed by atoms with van der Waals surface area (Å²) >= 11 is 0. The summed E-state index contributed by atoms with van der Waals surface area (Å²) in [6.45, 7) is 4.18. The molecule has 2 rings (SSSR count). The van der Waals surface area contributed by atoms with E-state index in [0.717, 1.165) is 44.1 Å². The molecule has 20 heavy (non-hydrogen) atoms. The van der Waals surface area contributed by atoms with Gasteiger partial charge in [0.1, 0.15) is 5.82 Å². The molecule has 0 atom stereocenters. The number of carbonyl (C=O) groups excluding carboxylic acids is 1. The molecule has 0 spiro atoms. The maximum absolute atomic E-state index is 13.1. The Balaban J connectivity index is 2.25. The fraction of sp³-hybridized carbons (Fsp3) is 0.588. The van der Waals surface area contributed by atoms with Crippen LogP contribution in [0, 0.1) is 5.82 Å². The molecule has 110 valence electrons. The van der Waals surface area contributed by atoms with Gasteiger partial charge in [-0.25, -0.2) is 4.39 Å². The second-order valence-electron chi connectivity index (χ2n) is 5.78. The van der Waals surface area contributed by atoms with Crippen molar-refractivity contribution in [1.82, 2.24) is 5.32 Å². The molecule has 0 bridgehead atoms. The normalized spacial score (nSPS) is 17.4. The summed E-state index contributed by atoms with van der Waals surface area (Å²) in [6, 6.07) is 6.69. The van der Waals surface area contributed by atoms with E-state index in [4.69, 9.17) is 0 Å². The molecule has 0 saturated heterocycles. The van der Waals surface area contributed by atoms with E-state index in [1.54, 1.807) is 12.1 Å². The molecule has 1 saturated carbocycles. The van der Waals surface area contributed by atoms with Gasteiger partial charge in [-0.15, -0.1) is 0 Å². The molecule has 0 unspecified atom stereocenters. The number of carbonyl (C=O) groups is 1. The molecular formula is C17H24FNO. The summed E-state index contributed by atoms with van der Waals surface area (Å²) < 4.78 is 13.1. The molecule has 1 aliphatic carbocycles. The summed E-state index contributed by atoms with van der Waals surface area (Å²) in [6.07, 6.45) is 5.75. The van der Waals surface area contributed by atoms with Gasteiger partial charge in [-0.05, 0) is 43.4 Å². The first kappa shape index (κ1) is 15.0. The minimum atomic E-state index is -0.448. The van der Waals surface area contributed by atoms with Crippen LogP contribution in [-0.4, -0.2) is 11.9 Å². The first-order chi connectivity index (χ1) is 9.62. The van der Waals surface area contributed by atoms with Crippen LogP contribution in [0.3, 0.4) is 0 Å². The van der Waals surface area contributed by atoms with Crippen LogP contribution in [0.2, 0.25) is 0 Å². The van der Waals surface area contributed by atoms with Crippen LogP contribution in [0.5, 0.6) is 0 Å². The Morgan fingerprint density at radius 1 is 1.20 bits per heavy atom. The summed E-state index contributed by atoms with van der Waals surface area (Å²) in [7, 11) is 0. The van der Waals surface area contributed by atoms with Crippen molar-refractivity contribution >= 4 is 5.91 Å². The van der Waals surface area contributed by atoms with Crippen molar-refractivity contribution in [2.24, 2.45) is 0 Å². The monoisotopic (exact) mass is 277 g/mol. The predicted octanol–water partition coefficient (Wildman–Crippen LogP) is 3.94. The maximum Gasteiger partial charge on any atom is 0.230 e. The average Bonchev–Trinajstić information content (AvgIpc) is 2.96. The molecule has 1 amide bonds. The van der Waals surface area contributed by atoms with Gasteiger partial charge in [0, 0.05) is 6.04 Å². The Hall–Kier alpha value is -1.38. The molecule has 1 fully saturated rings. The number of benzene rings is 1. The molecule has 3 heteroatoms. The lowest BCUT2D eigenvalue weighted by Crippen LogP contribution is -2.46. The molecule has 0 aliphatic heterocycles. The van der Waals surface area contributed by atoms with E-state index < -0.39 is 5.41 Å². The van der Waals surface area contributed by atoms with Gasteiger partial charge in [0.15, 0.2) is 0 Å². The fourth-order valence-corrected chi connectivity index (χ4v) is 3.21. The smallest absolute Gasteiger partial charge is 0.230 e. The lowest BCUT2D eigenvalue weighted by atomic mass is 9.77. The highest BCUT2D eigenvalue weighted by atomic mass is 19.1. The van der Waals surface area contributed by atoms with Crippen LogP contribution < -0.4 is 5.32 Å². The van der Waals surface area contributed by atoms with Gasteiger partial charge in [-0.3, -0.25) is 4.79 Å². The summed E-state index contributed by atoms with van der Waals surface area (Å²) in [5.74, 6) is -0.127. The van der Waals surface area contributed by atoms with E-state index in [1.165, 1.54) is 12.1 Å². The van der Waals surface area contributed by atoms with Gasteiger partial charge in [-0.2, -0.15) is 0 Å². The molecule has 2 nitrogen and oxygen atoms in total. The Bertz CT molecular complexity index is 445. The van der Waals surface area contributed by atoms with Crippen molar-refractivity contribution in [2.75, 3.05) is 0 Å². The van der Waals surface area contributed by atoms with E-state index in [2.05, 4.69) is 19.2 Å². The number of hydrogen-bond acceptors (Lipinski definition) is 1. The largest absolute Gasteiger partial charge is 0.353 e. The number of amides is 1. The summed E-state index contributed by atoms with van der Waals surface area (Å²) in [5.41, 5.74) is 0.510. The quantitative estimate of drug-likeness (QED) is 0.867. The Morgan fingerprint density at radius 2 is 1.75 bits per heavy atom. The molecule has 1 aliphatic rings. The van der Waals surface area contributed by atoms with Crippen molar-refractivity contribution in [3.8, 4) is 0 Å². The van der Waals surface area contributed by atoms with Crippen molar-refractivity contribution in [3.05, 3.63) is 35.6 Å². The van der Waals surface area contributed by atoms with Crippen LogP contribution in [0.4, 0.5) is 4.39 Å². The molecule has 1 aromatic carbocycles.